The Labute approximate surface area is 253 Å². The Bertz CT molecular complexity index is 1720. The van der Waals surface area contributed by atoms with Gasteiger partial charge in [0.15, 0.2) is 27.3 Å². The molecule has 0 N–H and O–H groups in total. The molecule has 2 atom stereocenters. The van der Waals surface area contributed by atoms with Crippen LogP contribution in [-0.4, -0.2) is 59.7 Å². The number of benzene rings is 2. The average molecular weight is 660 g/mol. The molecule has 242 valence electrons. The molecule has 2 aromatic heterocycles. The highest BCUT2D eigenvalue weighted by Crippen LogP contribution is 2.41. The molecule has 0 bridgehead atoms. The van der Waals surface area contributed by atoms with Crippen molar-refractivity contribution in [2.75, 3.05) is 21.3 Å². The summed E-state index contributed by atoms with van der Waals surface area (Å²) in [4.78, 5) is 8.30. The van der Waals surface area contributed by atoms with Crippen molar-refractivity contribution in [2.45, 2.75) is 43.3 Å². The van der Waals surface area contributed by atoms with Gasteiger partial charge < -0.3 is 14.2 Å². The second kappa shape index (κ2) is 12.6. The number of alkyl halides is 6. The second-order valence-electron chi connectivity index (χ2n) is 9.87. The van der Waals surface area contributed by atoms with Crippen LogP contribution in [0.15, 0.2) is 48.8 Å². The van der Waals surface area contributed by atoms with E-state index in [-0.39, 0.29) is 34.9 Å². The van der Waals surface area contributed by atoms with E-state index in [9.17, 15) is 34.8 Å². The summed E-state index contributed by atoms with van der Waals surface area (Å²) in [5.74, 6) is -1.61. The average Bonchev–Trinajstić information content (AvgIpc) is 3.38. The van der Waals surface area contributed by atoms with Gasteiger partial charge in [-0.05, 0) is 49.7 Å². The Morgan fingerprint density at radius 3 is 1.87 bits per heavy atom. The Kier molecular flexibility index (Phi) is 9.44. The molecule has 0 aliphatic rings. The largest absolute Gasteiger partial charge is 0.494 e. The topological polar surface area (TPSA) is 118 Å². The first-order valence-corrected chi connectivity index (χ1v) is 14.7. The number of methoxy groups -OCH3 is 3. The van der Waals surface area contributed by atoms with Gasteiger partial charge in [-0.1, -0.05) is 6.07 Å². The number of para-hydroxylation sites is 1. The molecule has 0 unspecified atom stereocenters. The number of sulfone groups is 1. The molecule has 4 rings (SSSR count). The van der Waals surface area contributed by atoms with E-state index in [1.54, 1.807) is 6.92 Å². The van der Waals surface area contributed by atoms with Crippen molar-refractivity contribution < 1.29 is 49.0 Å². The fourth-order valence-electron chi connectivity index (χ4n) is 4.52. The molecule has 45 heavy (non-hydrogen) atoms. The van der Waals surface area contributed by atoms with E-state index in [1.807, 2.05) is 0 Å². The fraction of sp³-hybridized carbons (Fsp3) is 0.357. The molecule has 0 saturated carbocycles. The first-order chi connectivity index (χ1) is 21.0. The van der Waals surface area contributed by atoms with Gasteiger partial charge in [-0.2, -0.15) is 26.3 Å². The number of rotatable bonds is 10. The van der Waals surface area contributed by atoms with E-state index in [1.165, 1.54) is 58.8 Å². The van der Waals surface area contributed by atoms with Crippen LogP contribution in [0.3, 0.4) is 0 Å². The standard InChI is InChI=1S/C28H27F6N5O5S/c1-15-12-35-25(36-13-15)24(44-5)16(2)45(40,41)14-22-37-38-26(39(22)23-20(42-3)7-6-8-21(23)43-4)17-9-18(27(29,30)31)11-19(10-17)28(32,33)34/h6-13,16,24H,14H2,1-5H3/t16-,24-/m0/s1. The molecule has 0 spiro atoms. The van der Waals surface area contributed by atoms with Gasteiger partial charge >= 0.3 is 12.4 Å². The van der Waals surface area contributed by atoms with Gasteiger partial charge in [0, 0.05) is 25.1 Å². The van der Waals surface area contributed by atoms with Crippen LogP contribution in [0.25, 0.3) is 17.1 Å². The zero-order valence-corrected chi connectivity index (χ0v) is 25.3. The predicted octanol–water partition coefficient (Wildman–Crippen LogP) is 5.78. The maximum Gasteiger partial charge on any atom is 0.416 e. The monoisotopic (exact) mass is 659 g/mol. The van der Waals surface area contributed by atoms with Crippen molar-refractivity contribution >= 4 is 9.84 Å². The van der Waals surface area contributed by atoms with E-state index in [2.05, 4.69) is 20.2 Å². The maximum atomic E-state index is 13.8. The summed E-state index contributed by atoms with van der Waals surface area (Å²) in [6.45, 7) is 3.09. The van der Waals surface area contributed by atoms with Gasteiger partial charge in [0.05, 0.1) is 30.6 Å². The molecule has 17 heteroatoms. The van der Waals surface area contributed by atoms with Crippen molar-refractivity contribution in [3.05, 3.63) is 77.1 Å². The molecule has 4 aromatic rings. The van der Waals surface area contributed by atoms with E-state index < -0.39 is 61.8 Å². The Morgan fingerprint density at radius 1 is 0.867 bits per heavy atom. The highest BCUT2D eigenvalue weighted by molar-refractivity contribution is 7.91. The third kappa shape index (κ3) is 7.03. The summed E-state index contributed by atoms with van der Waals surface area (Å²) in [7, 11) is -0.461. The second-order valence-corrected chi connectivity index (χ2v) is 12.2. The molecular formula is C28H27F6N5O5S. The lowest BCUT2D eigenvalue weighted by molar-refractivity contribution is -0.143. The summed E-state index contributed by atoms with van der Waals surface area (Å²) in [6.07, 6.45) is -8.48. The normalized spacial score (nSPS) is 13.8. The van der Waals surface area contributed by atoms with Crippen molar-refractivity contribution in [3.8, 4) is 28.6 Å². The minimum absolute atomic E-state index is 0.0288. The first kappa shape index (κ1) is 33.6. The molecule has 0 amide bonds. The summed E-state index contributed by atoms with van der Waals surface area (Å²) >= 11 is 0. The Morgan fingerprint density at radius 2 is 1.40 bits per heavy atom. The third-order valence-corrected chi connectivity index (χ3v) is 8.87. The number of aromatic nitrogens is 5. The summed E-state index contributed by atoms with van der Waals surface area (Å²) in [6, 6.07) is 5.29. The molecule has 0 radical (unpaired) electrons. The molecular weight excluding hydrogens is 632 g/mol. The molecule has 0 aliphatic heterocycles. The minimum atomic E-state index is -5.15. The Hall–Kier alpha value is -4.25. The smallest absolute Gasteiger partial charge is 0.416 e. The highest BCUT2D eigenvalue weighted by Gasteiger charge is 2.39. The van der Waals surface area contributed by atoms with Crippen LogP contribution in [0.4, 0.5) is 26.3 Å². The van der Waals surface area contributed by atoms with Crippen LogP contribution < -0.4 is 9.47 Å². The molecule has 2 aromatic carbocycles. The van der Waals surface area contributed by atoms with Gasteiger partial charge in [-0.25, -0.2) is 18.4 Å². The van der Waals surface area contributed by atoms with Crippen molar-refractivity contribution in [1.29, 1.82) is 0 Å². The van der Waals surface area contributed by atoms with Crippen LogP contribution in [0, 0.1) is 6.92 Å². The van der Waals surface area contributed by atoms with Crippen molar-refractivity contribution in [2.24, 2.45) is 0 Å². The highest BCUT2D eigenvalue weighted by atomic mass is 32.2. The van der Waals surface area contributed by atoms with Crippen LogP contribution in [-0.2, 0) is 32.7 Å². The zero-order chi connectivity index (χ0) is 33.3. The lowest BCUT2D eigenvalue weighted by atomic mass is 10.0. The van der Waals surface area contributed by atoms with Gasteiger partial charge in [0.25, 0.3) is 0 Å². The number of aryl methyl sites for hydroxylation is 1. The molecule has 0 aliphatic carbocycles. The Balaban J connectivity index is 1.96. The molecule has 10 nitrogen and oxygen atoms in total. The molecule has 0 saturated heterocycles. The number of ether oxygens (including phenoxy) is 3. The quantitative estimate of drug-likeness (QED) is 0.195. The van der Waals surface area contributed by atoms with Gasteiger partial charge in [0.1, 0.15) is 29.0 Å². The van der Waals surface area contributed by atoms with Crippen molar-refractivity contribution in [3.63, 3.8) is 0 Å². The van der Waals surface area contributed by atoms with Crippen LogP contribution >= 0.6 is 0 Å². The van der Waals surface area contributed by atoms with E-state index in [4.69, 9.17) is 14.2 Å². The molecule has 0 fully saturated rings. The third-order valence-electron chi connectivity index (χ3n) is 6.83. The number of hydrogen-bond donors (Lipinski definition) is 0. The van der Waals surface area contributed by atoms with Crippen LogP contribution in [0.1, 0.15) is 41.4 Å². The molecule has 2 heterocycles. The summed E-state index contributed by atoms with van der Waals surface area (Å²) in [5, 5.41) is 6.52. The maximum absolute atomic E-state index is 13.8. The van der Waals surface area contributed by atoms with Crippen LogP contribution in [0.2, 0.25) is 0 Å². The SMILES string of the molecule is COc1cccc(OC)c1-n1c(CS(=O)(=O)[C@@H](C)[C@H](OC)c2ncc(C)cn2)nnc1-c1cc(C(F)(F)F)cc(C(F)(F)F)c1. The fourth-order valence-corrected chi connectivity index (χ4v) is 5.94. The van der Waals surface area contributed by atoms with E-state index in [0.29, 0.717) is 12.1 Å². The van der Waals surface area contributed by atoms with Crippen molar-refractivity contribution in [1.82, 2.24) is 24.7 Å². The zero-order valence-electron chi connectivity index (χ0n) is 24.4. The van der Waals surface area contributed by atoms with Gasteiger partial charge in [-0.3, -0.25) is 4.57 Å². The van der Waals surface area contributed by atoms with E-state index >= 15 is 0 Å². The lowest BCUT2D eigenvalue weighted by Crippen LogP contribution is -2.30. The number of halogens is 6. The number of hydrogen-bond acceptors (Lipinski definition) is 9. The predicted molar refractivity (Wildman–Crippen MR) is 149 cm³/mol. The first-order valence-electron chi connectivity index (χ1n) is 13.0. The van der Waals surface area contributed by atoms with Gasteiger partial charge in [-0.15, -0.1) is 10.2 Å². The minimum Gasteiger partial charge on any atom is -0.494 e. The lowest BCUT2D eigenvalue weighted by Gasteiger charge is -2.22. The number of nitrogens with zero attached hydrogens (tertiary/aromatic N) is 5. The van der Waals surface area contributed by atoms with E-state index in [0.717, 1.165) is 10.1 Å². The summed E-state index contributed by atoms with van der Waals surface area (Å²) < 4.78 is 127. The van der Waals surface area contributed by atoms with Crippen LogP contribution in [0.5, 0.6) is 11.5 Å². The van der Waals surface area contributed by atoms with Gasteiger partial charge in [0.2, 0.25) is 0 Å². The summed E-state index contributed by atoms with van der Waals surface area (Å²) in [5.41, 5.74) is -3.18.